The molecule has 0 radical (unpaired) electrons. The van der Waals surface area contributed by atoms with Crippen molar-refractivity contribution in [1.29, 1.82) is 0 Å². The smallest absolute Gasteiger partial charge is 0.117 e. The van der Waals surface area contributed by atoms with Crippen LogP contribution in [0, 0.1) is 6.92 Å². The van der Waals surface area contributed by atoms with Gasteiger partial charge in [0.1, 0.15) is 30.5 Å². The van der Waals surface area contributed by atoms with E-state index in [1.807, 2.05) is 11.3 Å². The minimum atomic E-state index is -0.272. The van der Waals surface area contributed by atoms with Crippen molar-refractivity contribution < 1.29 is 23.7 Å². The zero-order valence-corrected chi connectivity index (χ0v) is 28.7. The number of unbranched alkanes of at least 4 members (excludes halogenated alkanes) is 4. The van der Waals surface area contributed by atoms with E-state index in [-0.39, 0.29) is 30.5 Å². The van der Waals surface area contributed by atoms with Gasteiger partial charge in [-0.15, -0.1) is 11.3 Å². The molecule has 1 aliphatic rings. The van der Waals surface area contributed by atoms with E-state index in [9.17, 15) is 0 Å². The Morgan fingerprint density at radius 1 is 0.705 bits per heavy atom. The molecule has 5 nitrogen and oxygen atoms in total. The first-order chi connectivity index (χ1) is 21.6. The predicted octanol–water partition coefficient (Wildman–Crippen LogP) is 9.61. The molecule has 1 saturated heterocycles. The summed E-state index contributed by atoms with van der Waals surface area (Å²) in [6.45, 7) is 14.2. The third-order valence-corrected chi connectivity index (χ3v) is 9.60. The summed E-state index contributed by atoms with van der Waals surface area (Å²) in [4.78, 5) is 1.37. The third kappa shape index (κ3) is 9.85. The molecule has 44 heavy (non-hydrogen) atoms. The first-order valence-corrected chi connectivity index (χ1v) is 18.1. The molecule has 1 unspecified atom stereocenters. The molecule has 0 saturated carbocycles. The van der Waals surface area contributed by atoms with Gasteiger partial charge in [0, 0.05) is 42.4 Å². The van der Waals surface area contributed by atoms with Crippen LogP contribution in [0.5, 0.6) is 0 Å². The molecule has 0 N–H and O–H groups in total. The van der Waals surface area contributed by atoms with Gasteiger partial charge >= 0.3 is 0 Å². The van der Waals surface area contributed by atoms with E-state index in [2.05, 4.69) is 83.1 Å². The van der Waals surface area contributed by atoms with E-state index in [0.29, 0.717) is 26.4 Å². The van der Waals surface area contributed by atoms with Crippen molar-refractivity contribution in [3.8, 4) is 0 Å². The van der Waals surface area contributed by atoms with Crippen LogP contribution >= 0.6 is 11.3 Å². The van der Waals surface area contributed by atoms with E-state index in [0.717, 1.165) is 64.4 Å². The molecule has 1 fully saturated rings. The molecule has 1 aromatic heterocycles. The highest BCUT2D eigenvalue weighted by Gasteiger charge is 2.49. The fraction of sp³-hybridized carbons (Fsp3) is 0.632. The van der Waals surface area contributed by atoms with Gasteiger partial charge in [0.05, 0.1) is 6.61 Å². The summed E-state index contributed by atoms with van der Waals surface area (Å²) in [5.41, 5.74) is 3.68. The van der Waals surface area contributed by atoms with Crippen LogP contribution in [0.15, 0.2) is 48.5 Å². The number of hydrogen-bond donors (Lipinski definition) is 0. The third-order valence-electron chi connectivity index (χ3n) is 8.49. The van der Waals surface area contributed by atoms with Crippen LogP contribution in [-0.2, 0) is 30.1 Å². The molecular formula is C38H56O5S. The van der Waals surface area contributed by atoms with Crippen LogP contribution in [-0.4, -0.2) is 57.5 Å². The Labute approximate surface area is 270 Å². The first kappa shape index (κ1) is 35.1. The van der Waals surface area contributed by atoms with Gasteiger partial charge < -0.3 is 23.7 Å². The van der Waals surface area contributed by atoms with Crippen molar-refractivity contribution in [3.63, 3.8) is 0 Å². The van der Waals surface area contributed by atoms with Gasteiger partial charge in [0.15, 0.2) is 0 Å². The molecule has 0 amide bonds. The Bertz CT molecular complexity index is 1190. The predicted molar refractivity (Wildman–Crippen MR) is 183 cm³/mol. The average molecular weight is 625 g/mol. The number of aryl methyl sites for hydroxylation is 1. The van der Waals surface area contributed by atoms with Crippen molar-refractivity contribution in [2.24, 2.45) is 0 Å². The van der Waals surface area contributed by atoms with E-state index in [4.69, 9.17) is 23.7 Å². The quantitative estimate of drug-likeness (QED) is 0.117. The average Bonchev–Trinajstić information content (AvgIpc) is 3.44. The molecular weight excluding hydrogens is 568 g/mol. The SMILES string of the molecule is CCCCOC[C@H]1O[C@@H](c2cc(Cc3cc4ccccc4s3)ccc2C)[C@H](OCCCC)C(OCCCC)[C@@H]1OCCCC. The van der Waals surface area contributed by atoms with Gasteiger partial charge in [-0.05, 0) is 66.8 Å². The van der Waals surface area contributed by atoms with Gasteiger partial charge in [-0.25, -0.2) is 0 Å². The molecule has 5 atom stereocenters. The summed E-state index contributed by atoms with van der Waals surface area (Å²) in [5, 5.41) is 1.31. The summed E-state index contributed by atoms with van der Waals surface area (Å²) in [6, 6.07) is 17.8. The second-order valence-corrected chi connectivity index (χ2v) is 13.4. The molecule has 3 aromatic rings. The van der Waals surface area contributed by atoms with Crippen LogP contribution in [0.2, 0.25) is 0 Å². The number of benzene rings is 2. The topological polar surface area (TPSA) is 46.2 Å². The monoisotopic (exact) mass is 624 g/mol. The standard InChI is InChI=1S/C38H56O5S/c1-6-10-20-39-27-33-36(40-21-11-7-2)38(42-23-13-9-4)37(41-22-12-8-3)35(43-33)32-25-29(19-18-28(32)5)24-31-26-30-16-14-15-17-34(30)44-31/h14-19,25-26,33,35-38H,6-13,20-24,27H2,1-5H3/t33-,35+,36-,37+,38?/m1/s1. The van der Waals surface area contributed by atoms with E-state index >= 15 is 0 Å². The highest BCUT2D eigenvalue weighted by Crippen LogP contribution is 2.39. The normalized spacial score (nSPS) is 22.2. The number of fused-ring (bicyclic) bond motifs is 1. The summed E-state index contributed by atoms with van der Waals surface area (Å²) >= 11 is 1.88. The molecule has 0 aliphatic carbocycles. The van der Waals surface area contributed by atoms with Crippen LogP contribution in [0.3, 0.4) is 0 Å². The highest BCUT2D eigenvalue weighted by molar-refractivity contribution is 7.19. The second kappa shape index (κ2) is 19.0. The molecule has 2 aromatic carbocycles. The van der Waals surface area contributed by atoms with Crippen LogP contribution in [0.1, 0.15) is 107 Å². The maximum absolute atomic E-state index is 7.06. The van der Waals surface area contributed by atoms with Crippen molar-refractivity contribution >= 4 is 21.4 Å². The second-order valence-electron chi connectivity index (χ2n) is 12.2. The minimum Gasteiger partial charge on any atom is -0.379 e. The Morgan fingerprint density at radius 2 is 1.34 bits per heavy atom. The van der Waals surface area contributed by atoms with Crippen molar-refractivity contribution in [2.45, 2.75) is 123 Å². The van der Waals surface area contributed by atoms with Gasteiger partial charge in [0.25, 0.3) is 0 Å². The number of thiophene rings is 1. The largest absolute Gasteiger partial charge is 0.379 e. The van der Waals surface area contributed by atoms with E-state index in [1.54, 1.807) is 0 Å². The number of rotatable bonds is 20. The summed E-state index contributed by atoms with van der Waals surface area (Å²) in [7, 11) is 0. The summed E-state index contributed by atoms with van der Waals surface area (Å²) < 4.78 is 34.7. The minimum absolute atomic E-state index is 0.237. The van der Waals surface area contributed by atoms with Crippen LogP contribution in [0.25, 0.3) is 10.1 Å². The molecule has 4 rings (SSSR count). The van der Waals surface area contributed by atoms with Crippen molar-refractivity contribution in [1.82, 2.24) is 0 Å². The molecule has 244 valence electrons. The number of hydrogen-bond acceptors (Lipinski definition) is 6. The number of ether oxygens (including phenoxy) is 5. The van der Waals surface area contributed by atoms with Gasteiger partial charge in [0.2, 0.25) is 0 Å². The Balaban J connectivity index is 1.68. The van der Waals surface area contributed by atoms with Crippen LogP contribution < -0.4 is 0 Å². The lowest BCUT2D eigenvalue weighted by Gasteiger charge is -2.47. The van der Waals surface area contributed by atoms with E-state index in [1.165, 1.54) is 31.7 Å². The lowest BCUT2D eigenvalue weighted by molar-refractivity contribution is -0.268. The maximum Gasteiger partial charge on any atom is 0.117 e. The van der Waals surface area contributed by atoms with Crippen molar-refractivity contribution in [2.75, 3.05) is 33.0 Å². The van der Waals surface area contributed by atoms with Gasteiger partial charge in [-0.1, -0.05) is 89.8 Å². The Kier molecular flexibility index (Phi) is 15.1. The first-order valence-electron chi connectivity index (χ1n) is 17.2. The van der Waals surface area contributed by atoms with Crippen molar-refractivity contribution in [3.05, 3.63) is 70.1 Å². The van der Waals surface area contributed by atoms with Gasteiger partial charge in [-0.3, -0.25) is 0 Å². The fourth-order valence-corrected chi connectivity index (χ4v) is 6.94. The zero-order chi connectivity index (χ0) is 31.1. The Morgan fingerprint density at radius 3 is 2.02 bits per heavy atom. The molecule has 2 heterocycles. The molecule has 0 bridgehead atoms. The lowest BCUT2D eigenvalue weighted by atomic mass is 9.87. The molecule has 1 aliphatic heterocycles. The fourth-order valence-electron chi connectivity index (χ4n) is 5.84. The maximum atomic E-state index is 7.06. The Hall–Kier alpha value is -1.80. The highest BCUT2D eigenvalue weighted by atomic mass is 32.1. The van der Waals surface area contributed by atoms with Gasteiger partial charge in [-0.2, -0.15) is 0 Å². The lowest BCUT2D eigenvalue weighted by Crippen LogP contribution is -2.58. The summed E-state index contributed by atoms with van der Waals surface area (Å²) in [5.74, 6) is 0. The molecule has 6 heteroatoms. The van der Waals surface area contributed by atoms with Crippen LogP contribution in [0.4, 0.5) is 0 Å². The zero-order valence-electron chi connectivity index (χ0n) is 27.9. The molecule has 0 spiro atoms. The summed E-state index contributed by atoms with van der Waals surface area (Å²) in [6.07, 6.45) is 8.02. The van der Waals surface area contributed by atoms with E-state index < -0.39 is 0 Å².